The minimum atomic E-state index is -0.394. The maximum Gasteiger partial charge on any atom is 0.341 e. The SMILES string of the molecule is CCOC(=O)c1cnn(CC(Cl)=CCl)c1. The van der Waals surface area contributed by atoms with Crippen molar-refractivity contribution >= 4 is 29.2 Å². The minimum absolute atomic E-state index is 0.338. The summed E-state index contributed by atoms with van der Waals surface area (Å²) in [4.78, 5) is 11.3. The Bertz CT molecular complexity index is 374. The lowest BCUT2D eigenvalue weighted by Gasteiger charge is -1.98. The van der Waals surface area contributed by atoms with Gasteiger partial charge >= 0.3 is 5.97 Å². The Hall–Kier alpha value is -1.000. The van der Waals surface area contributed by atoms with Gasteiger partial charge in [0, 0.05) is 11.7 Å². The molecule has 0 spiro atoms. The normalized spacial score (nSPS) is 11.5. The van der Waals surface area contributed by atoms with E-state index in [2.05, 4.69) is 5.10 Å². The molecule has 1 heterocycles. The number of halogens is 2. The molecule has 15 heavy (non-hydrogen) atoms. The monoisotopic (exact) mass is 248 g/mol. The van der Waals surface area contributed by atoms with Gasteiger partial charge in [-0.2, -0.15) is 5.10 Å². The number of hydrogen-bond donors (Lipinski definition) is 0. The molecule has 0 unspecified atom stereocenters. The Morgan fingerprint density at radius 3 is 3.07 bits per heavy atom. The van der Waals surface area contributed by atoms with Crippen molar-refractivity contribution in [2.45, 2.75) is 13.5 Å². The maximum absolute atomic E-state index is 11.3. The number of aromatic nitrogens is 2. The molecule has 0 N–H and O–H groups in total. The highest BCUT2D eigenvalue weighted by Gasteiger charge is 2.09. The smallest absolute Gasteiger partial charge is 0.341 e. The first kappa shape index (κ1) is 12.1. The molecule has 82 valence electrons. The molecule has 0 amide bonds. The second-order valence-electron chi connectivity index (χ2n) is 2.70. The number of carbonyl (C=O) groups excluding carboxylic acids is 1. The van der Waals surface area contributed by atoms with E-state index >= 15 is 0 Å². The number of carbonyl (C=O) groups is 1. The average molecular weight is 249 g/mol. The fourth-order valence-electron chi connectivity index (χ4n) is 0.959. The molecular formula is C9H10Cl2N2O2. The lowest BCUT2D eigenvalue weighted by atomic mass is 10.4. The summed E-state index contributed by atoms with van der Waals surface area (Å²) in [6, 6.07) is 0. The Morgan fingerprint density at radius 2 is 2.47 bits per heavy atom. The first-order chi connectivity index (χ1) is 7.17. The molecule has 0 aliphatic heterocycles. The molecule has 1 aromatic rings. The first-order valence-electron chi connectivity index (χ1n) is 4.31. The zero-order chi connectivity index (χ0) is 11.3. The molecule has 0 saturated carbocycles. The molecule has 6 heteroatoms. The van der Waals surface area contributed by atoms with Crippen LogP contribution >= 0.6 is 23.2 Å². The van der Waals surface area contributed by atoms with E-state index in [1.807, 2.05) is 0 Å². The average Bonchev–Trinajstić information content (AvgIpc) is 2.66. The highest BCUT2D eigenvalue weighted by molar-refractivity contribution is 6.36. The summed E-state index contributed by atoms with van der Waals surface area (Å²) in [6.07, 6.45) is 2.98. The standard InChI is InChI=1S/C9H10Cl2N2O2/c1-2-15-9(14)7-4-12-13(5-7)6-8(11)3-10/h3-5H,2,6H2,1H3. The van der Waals surface area contributed by atoms with Crippen LogP contribution in [0.25, 0.3) is 0 Å². The molecule has 0 fully saturated rings. The van der Waals surface area contributed by atoms with Crippen LogP contribution in [0, 0.1) is 0 Å². The number of esters is 1. The van der Waals surface area contributed by atoms with Gasteiger partial charge in [-0.25, -0.2) is 4.79 Å². The molecule has 0 aliphatic rings. The van der Waals surface area contributed by atoms with E-state index in [0.29, 0.717) is 23.7 Å². The van der Waals surface area contributed by atoms with Crippen LogP contribution in [0.15, 0.2) is 23.0 Å². The summed E-state index contributed by atoms with van der Waals surface area (Å²) in [5.41, 5.74) is 1.66. The van der Waals surface area contributed by atoms with Gasteiger partial charge in [0.15, 0.2) is 0 Å². The van der Waals surface area contributed by atoms with E-state index in [-0.39, 0.29) is 0 Å². The summed E-state index contributed by atoms with van der Waals surface area (Å²) in [5, 5.41) is 4.38. The van der Waals surface area contributed by atoms with Crippen molar-refractivity contribution in [3.63, 3.8) is 0 Å². The third-order valence-electron chi connectivity index (χ3n) is 1.58. The van der Waals surface area contributed by atoms with Crippen LogP contribution in [0.1, 0.15) is 17.3 Å². The fraction of sp³-hybridized carbons (Fsp3) is 0.333. The maximum atomic E-state index is 11.3. The Labute approximate surface area is 97.4 Å². The fourth-order valence-corrected chi connectivity index (χ4v) is 1.15. The van der Waals surface area contributed by atoms with Crippen LogP contribution in [0.2, 0.25) is 0 Å². The Morgan fingerprint density at radius 1 is 1.73 bits per heavy atom. The zero-order valence-electron chi connectivity index (χ0n) is 8.11. The van der Waals surface area contributed by atoms with Gasteiger partial charge in [0.05, 0.1) is 29.9 Å². The summed E-state index contributed by atoms with van der Waals surface area (Å²) < 4.78 is 6.31. The van der Waals surface area contributed by atoms with Crippen LogP contribution in [0.3, 0.4) is 0 Å². The Kier molecular flexibility index (Phi) is 4.65. The van der Waals surface area contributed by atoms with Gasteiger partial charge in [-0.3, -0.25) is 4.68 Å². The molecule has 0 bridgehead atoms. The number of hydrogen-bond acceptors (Lipinski definition) is 3. The zero-order valence-corrected chi connectivity index (χ0v) is 9.62. The summed E-state index contributed by atoms with van der Waals surface area (Å²) in [5.74, 6) is -0.394. The third-order valence-corrected chi connectivity index (χ3v) is 2.18. The molecular weight excluding hydrogens is 239 g/mol. The summed E-state index contributed by atoms with van der Waals surface area (Å²) in [6.45, 7) is 2.42. The summed E-state index contributed by atoms with van der Waals surface area (Å²) >= 11 is 11.1. The molecule has 1 aromatic heterocycles. The van der Waals surface area contributed by atoms with Gasteiger partial charge in [0.1, 0.15) is 0 Å². The number of rotatable bonds is 4. The molecule has 0 radical (unpaired) electrons. The topological polar surface area (TPSA) is 44.1 Å². The van der Waals surface area contributed by atoms with Gasteiger partial charge in [-0.05, 0) is 6.92 Å². The molecule has 1 rings (SSSR count). The van der Waals surface area contributed by atoms with Gasteiger partial charge in [0.2, 0.25) is 0 Å². The van der Waals surface area contributed by atoms with Crippen molar-refractivity contribution in [2.24, 2.45) is 0 Å². The number of ether oxygens (including phenoxy) is 1. The van der Waals surface area contributed by atoms with Crippen molar-refractivity contribution < 1.29 is 9.53 Å². The lowest BCUT2D eigenvalue weighted by molar-refractivity contribution is 0.0526. The van der Waals surface area contributed by atoms with Crippen LogP contribution in [-0.4, -0.2) is 22.4 Å². The quantitative estimate of drug-likeness (QED) is 0.769. The molecule has 0 atom stereocenters. The lowest BCUT2D eigenvalue weighted by Crippen LogP contribution is -2.03. The van der Waals surface area contributed by atoms with Gasteiger partial charge in [-0.15, -0.1) is 0 Å². The molecule has 0 aliphatic carbocycles. The molecule has 0 saturated heterocycles. The van der Waals surface area contributed by atoms with Crippen LogP contribution < -0.4 is 0 Å². The predicted molar refractivity (Wildman–Crippen MR) is 58.0 cm³/mol. The minimum Gasteiger partial charge on any atom is -0.462 e. The second kappa shape index (κ2) is 5.78. The van der Waals surface area contributed by atoms with E-state index in [0.717, 1.165) is 0 Å². The predicted octanol–water partition coefficient (Wildman–Crippen LogP) is 2.38. The number of allylic oxidation sites excluding steroid dienone is 1. The van der Waals surface area contributed by atoms with Crippen molar-refractivity contribution in [1.29, 1.82) is 0 Å². The molecule has 0 aromatic carbocycles. The van der Waals surface area contributed by atoms with Crippen LogP contribution in [0.4, 0.5) is 0 Å². The number of nitrogens with zero attached hydrogens (tertiary/aromatic N) is 2. The van der Waals surface area contributed by atoms with E-state index in [9.17, 15) is 4.79 Å². The Balaban J connectivity index is 2.68. The van der Waals surface area contributed by atoms with E-state index < -0.39 is 5.97 Å². The van der Waals surface area contributed by atoms with Gasteiger partial charge in [-0.1, -0.05) is 23.2 Å². The van der Waals surface area contributed by atoms with E-state index in [1.54, 1.807) is 13.1 Å². The van der Waals surface area contributed by atoms with E-state index in [4.69, 9.17) is 27.9 Å². The summed E-state index contributed by atoms with van der Waals surface area (Å²) in [7, 11) is 0. The van der Waals surface area contributed by atoms with Crippen LogP contribution in [0.5, 0.6) is 0 Å². The largest absolute Gasteiger partial charge is 0.462 e. The first-order valence-corrected chi connectivity index (χ1v) is 5.13. The van der Waals surface area contributed by atoms with Crippen LogP contribution in [-0.2, 0) is 11.3 Å². The van der Waals surface area contributed by atoms with Crippen molar-refractivity contribution in [1.82, 2.24) is 9.78 Å². The van der Waals surface area contributed by atoms with Gasteiger partial charge in [0.25, 0.3) is 0 Å². The van der Waals surface area contributed by atoms with Crippen molar-refractivity contribution in [3.8, 4) is 0 Å². The molecule has 4 nitrogen and oxygen atoms in total. The second-order valence-corrected chi connectivity index (χ2v) is 3.41. The van der Waals surface area contributed by atoms with Crippen molar-refractivity contribution in [3.05, 3.63) is 28.5 Å². The highest BCUT2D eigenvalue weighted by Crippen LogP contribution is 2.08. The highest BCUT2D eigenvalue weighted by atomic mass is 35.5. The van der Waals surface area contributed by atoms with Crippen molar-refractivity contribution in [2.75, 3.05) is 6.61 Å². The third kappa shape index (κ3) is 3.57. The van der Waals surface area contributed by atoms with E-state index in [1.165, 1.54) is 16.4 Å². The van der Waals surface area contributed by atoms with Gasteiger partial charge < -0.3 is 4.74 Å².